The third-order valence-electron chi connectivity index (χ3n) is 2.09. The second-order valence-electron chi connectivity index (χ2n) is 2.89. The molecule has 1 atom stereocenters. The Morgan fingerprint density at radius 3 is 2.69 bits per heavy atom. The lowest BCUT2D eigenvalue weighted by atomic mass is 10.0. The predicted molar refractivity (Wildman–Crippen MR) is 52.4 cm³/mol. The third-order valence-corrected chi connectivity index (χ3v) is 2.09. The van der Waals surface area contributed by atoms with Crippen LogP contribution in [0.4, 0.5) is 0 Å². The topological polar surface area (TPSA) is 18.5 Å². The summed E-state index contributed by atoms with van der Waals surface area (Å²) in [5, 5.41) is 0. The Hall–Kier alpha value is -0.795. The molecule has 0 aliphatic heterocycles. The van der Waals surface area contributed by atoms with Gasteiger partial charge in [0.15, 0.2) is 0 Å². The van der Waals surface area contributed by atoms with Crippen molar-refractivity contribution in [2.45, 2.75) is 19.6 Å². The van der Waals surface area contributed by atoms with Crippen LogP contribution in [0.1, 0.15) is 24.2 Å². The Morgan fingerprint density at radius 1 is 1.38 bits per heavy atom. The van der Waals surface area contributed by atoms with E-state index in [1.807, 2.05) is 31.2 Å². The summed E-state index contributed by atoms with van der Waals surface area (Å²) in [5.74, 6) is 0. The van der Waals surface area contributed by atoms with Gasteiger partial charge in [0.05, 0.1) is 12.7 Å². The zero-order valence-corrected chi connectivity index (χ0v) is 7.99. The van der Waals surface area contributed by atoms with Crippen molar-refractivity contribution in [2.75, 3.05) is 7.11 Å². The molecule has 2 nitrogen and oxygen atoms in total. The number of rotatable bonds is 4. The second kappa shape index (κ2) is 5.05. The quantitative estimate of drug-likeness (QED) is 0.653. The minimum atomic E-state index is 0.0753. The Kier molecular flexibility index (Phi) is 3.99. The summed E-state index contributed by atoms with van der Waals surface area (Å²) in [7, 11) is 6.72. The van der Waals surface area contributed by atoms with Crippen molar-refractivity contribution in [1.82, 2.24) is 0 Å². The summed E-state index contributed by atoms with van der Waals surface area (Å²) in [6.07, 6.45) is 0.0753. The van der Waals surface area contributed by atoms with Gasteiger partial charge in [0.1, 0.15) is 0 Å². The molecule has 0 spiro atoms. The van der Waals surface area contributed by atoms with E-state index in [-0.39, 0.29) is 6.10 Å². The second-order valence-corrected chi connectivity index (χ2v) is 2.89. The predicted octanol–water partition coefficient (Wildman–Crippen LogP) is 1.99. The van der Waals surface area contributed by atoms with Crippen LogP contribution in [0.3, 0.4) is 0 Å². The summed E-state index contributed by atoms with van der Waals surface area (Å²) in [4.78, 5) is 0. The van der Waals surface area contributed by atoms with Gasteiger partial charge in [-0.15, -0.1) is 0 Å². The summed E-state index contributed by atoms with van der Waals surface area (Å²) >= 11 is 0. The zero-order chi connectivity index (χ0) is 9.68. The number of hydrogen-bond donors (Lipinski definition) is 0. The summed E-state index contributed by atoms with van der Waals surface area (Å²) in [5.41, 5.74) is 2.19. The highest BCUT2D eigenvalue weighted by Crippen LogP contribution is 2.20. The van der Waals surface area contributed by atoms with Gasteiger partial charge in [0.2, 0.25) is 0 Å². The molecule has 0 heterocycles. The van der Waals surface area contributed by atoms with Crippen molar-refractivity contribution in [3.8, 4) is 0 Å². The Balaban J connectivity index is 2.90. The molecule has 0 saturated heterocycles. The minimum Gasteiger partial charge on any atom is -0.444 e. The van der Waals surface area contributed by atoms with Crippen molar-refractivity contribution >= 4 is 8.05 Å². The van der Waals surface area contributed by atoms with Crippen LogP contribution < -0.4 is 0 Å². The van der Waals surface area contributed by atoms with E-state index in [4.69, 9.17) is 12.8 Å². The summed E-state index contributed by atoms with van der Waals surface area (Å²) < 4.78 is 9.83. The molecular formula is C10H13BO2. The average molecular weight is 176 g/mol. The zero-order valence-electron chi connectivity index (χ0n) is 7.99. The Bertz CT molecular complexity index is 263. The van der Waals surface area contributed by atoms with E-state index in [0.717, 1.165) is 11.1 Å². The standard InChI is InChI=1S/C10H13BO2/c1-8(12-2)10-6-4-3-5-9(10)7-13-11/h3-6,8H,7H2,1-2H3. The van der Waals surface area contributed by atoms with E-state index in [2.05, 4.69) is 4.65 Å². The van der Waals surface area contributed by atoms with Gasteiger partial charge in [-0.1, -0.05) is 24.3 Å². The van der Waals surface area contributed by atoms with E-state index in [9.17, 15) is 0 Å². The lowest BCUT2D eigenvalue weighted by Gasteiger charge is -2.14. The van der Waals surface area contributed by atoms with Crippen molar-refractivity contribution in [2.24, 2.45) is 0 Å². The van der Waals surface area contributed by atoms with Crippen molar-refractivity contribution in [3.05, 3.63) is 35.4 Å². The monoisotopic (exact) mass is 176 g/mol. The van der Waals surface area contributed by atoms with Crippen LogP contribution >= 0.6 is 0 Å². The highest BCUT2D eigenvalue weighted by Gasteiger charge is 2.07. The van der Waals surface area contributed by atoms with Crippen LogP contribution in [0.25, 0.3) is 0 Å². The fourth-order valence-corrected chi connectivity index (χ4v) is 1.28. The van der Waals surface area contributed by atoms with Crippen LogP contribution in [-0.4, -0.2) is 15.2 Å². The van der Waals surface area contributed by atoms with E-state index < -0.39 is 0 Å². The van der Waals surface area contributed by atoms with E-state index in [1.165, 1.54) is 0 Å². The number of hydrogen-bond acceptors (Lipinski definition) is 2. The summed E-state index contributed by atoms with van der Waals surface area (Å²) in [6.45, 7) is 2.42. The molecule has 1 rings (SSSR count). The maximum Gasteiger partial charge on any atom is 0.283 e. The molecule has 13 heavy (non-hydrogen) atoms. The number of benzene rings is 1. The third kappa shape index (κ3) is 2.57. The van der Waals surface area contributed by atoms with E-state index in [0.29, 0.717) is 6.61 Å². The molecule has 0 amide bonds. The lowest BCUT2D eigenvalue weighted by Crippen LogP contribution is -2.02. The minimum absolute atomic E-state index is 0.0753. The molecule has 68 valence electrons. The van der Waals surface area contributed by atoms with Gasteiger partial charge in [-0.2, -0.15) is 0 Å². The van der Waals surface area contributed by atoms with Crippen LogP contribution in [0.15, 0.2) is 24.3 Å². The average Bonchev–Trinajstić information content (AvgIpc) is 2.18. The maximum absolute atomic E-state index is 5.23. The van der Waals surface area contributed by atoms with E-state index in [1.54, 1.807) is 7.11 Å². The summed E-state index contributed by atoms with van der Waals surface area (Å²) in [6, 6.07) is 7.94. The first-order valence-electron chi connectivity index (χ1n) is 4.22. The van der Waals surface area contributed by atoms with Gasteiger partial charge in [-0.25, -0.2) is 0 Å². The SMILES string of the molecule is [B]OCc1ccccc1C(C)OC. The highest BCUT2D eigenvalue weighted by atomic mass is 16.5. The van der Waals surface area contributed by atoms with Crippen LogP contribution in [0, 0.1) is 0 Å². The van der Waals surface area contributed by atoms with Crippen LogP contribution in [0.5, 0.6) is 0 Å². The molecule has 0 aliphatic rings. The molecule has 1 unspecified atom stereocenters. The largest absolute Gasteiger partial charge is 0.444 e. The fraction of sp³-hybridized carbons (Fsp3) is 0.400. The molecule has 0 N–H and O–H groups in total. The smallest absolute Gasteiger partial charge is 0.283 e. The van der Waals surface area contributed by atoms with Gasteiger partial charge in [-0.3, -0.25) is 0 Å². The van der Waals surface area contributed by atoms with Crippen molar-refractivity contribution < 1.29 is 9.39 Å². The normalized spacial score (nSPS) is 12.8. The first-order valence-corrected chi connectivity index (χ1v) is 4.22. The van der Waals surface area contributed by atoms with Crippen molar-refractivity contribution in [1.29, 1.82) is 0 Å². The molecule has 0 saturated carbocycles. The molecule has 1 aromatic carbocycles. The van der Waals surface area contributed by atoms with E-state index >= 15 is 0 Å². The Labute approximate surface area is 80.3 Å². The molecule has 0 aliphatic carbocycles. The molecule has 1 aromatic rings. The molecule has 2 radical (unpaired) electrons. The molecule has 0 fully saturated rings. The molecular weight excluding hydrogens is 163 g/mol. The first-order chi connectivity index (χ1) is 6.29. The van der Waals surface area contributed by atoms with Gasteiger partial charge in [-0.05, 0) is 18.1 Å². The maximum atomic E-state index is 5.23. The van der Waals surface area contributed by atoms with Gasteiger partial charge in [0, 0.05) is 7.11 Å². The lowest BCUT2D eigenvalue weighted by molar-refractivity contribution is 0.117. The van der Waals surface area contributed by atoms with Crippen LogP contribution in [0.2, 0.25) is 0 Å². The molecule has 0 bridgehead atoms. The van der Waals surface area contributed by atoms with Gasteiger partial charge < -0.3 is 9.39 Å². The molecule has 0 aromatic heterocycles. The van der Waals surface area contributed by atoms with Gasteiger partial charge in [0.25, 0.3) is 8.05 Å². The fourth-order valence-electron chi connectivity index (χ4n) is 1.28. The van der Waals surface area contributed by atoms with Crippen LogP contribution in [-0.2, 0) is 16.0 Å². The van der Waals surface area contributed by atoms with Gasteiger partial charge >= 0.3 is 0 Å². The number of methoxy groups -OCH3 is 1. The number of ether oxygens (including phenoxy) is 1. The highest BCUT2D eigenvalue weighted by molar-refractivity contribution is 5.97. The van der Waals surface area contributed by atoms with Crippen molar-refractivity contribution in [3.63, 3.8) is 0 Å². The molecule has 3 heteroatoms. The Morgan fingerprint density at radius 2 is 2.08 bits per heavy atom. The first kappa shape index (κ1) is 10.3.